The summed E-state index contributed by atoms with van der Waals surface area (Å²) in [6.07, 6.45) is -2.19. The van der Waals surface area contributed by atoms with Gasteiger partial charge in [0.1, 0.15) is 6.10 Å². The number of rotatable bonds is 13. The van der Waals surface area contributed by atoms with E-state index >= 15 is 0 Å². The van der Waals surface area contributed by atoms with Crippen LogP contribution in [0.5, 0.6) is 0 Å². The van der Waals surface area contributed by atoms with E-state index in [9.17, 15) is 33.0 Å². The van der Waals surface area contributed by atoms with E-state index in [0.29, 0.717) is 28.3 Å². The van der Waals surface area contributed by atoms with Gasteiger partial charge in [0.25, 0.3) is 0 Å². The van der Waals surface area contributed by atoms with E-state index in [1.54, 1.807) is 12.1 Å². The highest BCUT2D eigenvalue weighted by molar-refractivity contribution is 7.16. The van der Waals surface area contributed by atoms with Crippen molar-refractivity contribution >= 4 is 56.2 Å². The molecule has 2 saturated carbocycles. The molecule has 54 heavy (non-hydrogen) atoms. The van der Waals surface area contributed by atoms with E-state index in [1.807, 2.05) is 41.1 Å². The van der Waals surface area contributed by atoms with Crippen LogP contribution in [0.25, 0.3) is 10.2 Å². The largest absolute Gasteiger partial charge is 0.490 e. The highest BCUT2D eigenvalue weighted by Gasteiger charge is 2.53. The predicted molar refractivity (Wildman–Crippen MR) is 202 cm³/mol. The van der Waals surface area contributed by atoms with Gasteiger partial charge in [-0.15, -0.1) is 22.7 Å². The topological polar surface area (TPSA) is 152 Å². The zero-order chi connectivity index (χ0) is 38.6. The van der Waals surface area contributed by atoms with Crippen molar-refractivity contribution in [1.82, 2.24) is 15.2 Å². The number of thiophene rings is 2. The lowest BCUT2D eigenvalue weighted by molar-refractivity contribution is -0.192. The van der Waals surface area contributed by atoms with Crippen LogP contribution in [0.3, 0.4) is 0 Å². The molecule has 16 heteroatoms. The van der Waals surface area contributed by atoms with Crippen LogP contribution >= 0.6 is 34.0 Å². The number of nitrogens with one attached hydrogen (secondary N) is 2. The van der Waals surface area contributed by atoms with Crippen molar-refractivity contribution in [2.45, 2.75) is 62.3 Å². The molecule has 0 amide bonds. The molecule has 2 aliphatic rings. The van der Waals surface area contributed by atoms with Crippen LogP contribution in [0.4, 0.5) is 13.2 Å². The lowest BCUT2D eigenvalue weighted by Crippen LogP contribution is -2.42. The van der Waals surface area contributed by atoms with Crippen LogP contribution in [0.2, 0.25) is 0 Å². The van der Waals surface area contributed by atoms with Crippen molar-refractivity contribution in [1.29, 1.82) is 0 Å². The van der Waals surface area contributed by atoms with Gasteiger partial charge in [-0.1, -0.05) is 59.9 Å². The summed E-state index contributed by atoms with van der Waals surface area (Å²) in [5.41, 5.74) is 2.21. The quantitative estimate of drug-likeness (QED) is 0.0684. The Morgan fingerprint density at radius 3 is 2.33 bits per heavy atom. The zero-order valence-corrected chi connectivity index (χ0v) is 31.6. The Morgan fingerprint density at radius 2 is 1.69 bits per heavy atom. The van der Waals surface area contributed by atoms with E-state index in [2.05, 4.69) is 46.5 Å². The van der Waals surface area contributed by atoms with E-state index in [0.717, 1.165) is 65.9 Å². The zero-order valence-electron chi connectivity index (χ0n) is 29.1. The summed E-state index contributed by atoms with van der Waals surface area (Å²) < 4.78 is 38.7. The van der Waals surface area contributed by atoms with E-state index in [1.165, 1.54) is 33.8 Å². The SMILES string of the molecule is CN(Cc1cccc(CCNC[C@H](O)c2cccc3[nH]c(=O)sc23)c1)C1C2CCC1C(OC(=O)C(O)(c1cccs1)c1cccs1)C2.O=C(O)C(F)(F)F. The number of hydrogen-bond donors (Lipinski definition) is 5. The molecule has 3 heterocycles. The number of nitrogens with zero attached hydrogens (tertiary/aromatic N) is 1. The van der Waals surface area contributed by atoms with E-state index in [-0.39, 0.29) is 16.9 Å². The van der Waals surface area contributed by atoms with Gasteiger partial charge < -0.3 is 30.4 Å². The molecule has 5 aromatic rings. The van der Waals surface area contributed by atoms with Gasteiger partial charge in [0.15, 0.2) is 0 Å². The number of fused-ring (bicyclic) bond motifs is 3. The number of alkyl halides is 3. The molecule has 2 aromatic carbocycles. The summed E-state index contributed by atoms with van der Waals surface area (Å²) in [6, 6.07) is 21.9. The molecule has 288 valence electrons. The third-order valence-corrected chi connectivity index (χ3v) is 13.0. The Labute approximate surface area is 320 Å². The minimum Gasteiger partial charge on any atom is -0.475 e. The highest BCUT2D eigenvalue weighted by atomic mass is 32.1. The number of esters is 1. The molecule has 2 aliphatic carbocycles. The standard InChI is InChI=1S/C36H39N3O5S3.C2HF3O2/c1-39(21-23-7-2-6-22(18-23)14-15-37-20-28(40)25-8-3-9-27-33(25)47-35(42)38-27)32-24-12-13-26(32)29(19-24)44-34(41)36(43,30-10-4-16-45-30)31-11-5-17-46-31;3-2(4,5)1(6)7/h2-11,16-18,24,26,28-29,32,37,40,43H,12-15,19-21H2,1H3,(H,38,42);(H,6,7)/t24?,26?,28-,29?,32?;/m0./s1. The molecule has 2 bridgehead atoms. The molecule has 5 N–H and O–H groups in total. The number of carboxylic acid groups (broad SMARTS) is 1. The van der Waals surface area contributed by atoms with Crippen molar-refractivity contribution in [3.63, 3.8) is 0 Å². The van der Waals surface area contributed by atoms with Crippen LogP contribution < -0.4 is 10.2 Å². The van der Waals surface area contributed by atoms with Crippen molar-refractivity contribution < 1.29 is 42.8 Å². The van der Waals surface area contributed by atoms with Gasteiger partial charge in [0, 0.05) is 30.6 Å². The maximum absolute atomic E-state index is 13.7. The smallest absolute Gasteiger partial charge is 0.475 e. The number of ether oxygens (including phenoxy) is 1. The molecule has 10 nitrogen and oxygen atoms in total. The Kier molecular flexibility index (Phi) is 12.4. The van der Waals surface area contributed by atoms with Gasteiger partial charge in [-0.25, -0.2) is 9.59 Å². The minimum atomic E-state index is -5.08. The van der Waals surface area contributed by atoms with Crippen LogP contribution in [0.15, 0.2) is 82.3 Å². The first-order valence-corrected chi connectivity index (χ1v) is 19.9. The Morgan fingerprint density at radius 1 is 1.02 bits per heavy atom. The van der Waals surface area contributed by atoms with Gasteiger partial charge in [-0.3, -0.25) is 9.69 Å². The number of H-pyrrole nitrogens is 1. The maximum Gasteiger partial charge on any atom is 0.490 e. The predicted octanol–water partition coefficient (Wildman–Crippen LogP) is 6.29. The van der Waals surface area contributed by atoms with Crippen LogP contribution in [-0.2, 0) is 32.9 Å². The summed E-state index contributed by atoms with van der Waals surface area (Å²) >= 11 is 3.86. The number of aromatic nitrogens is 1. The van der Waals surface area contributed by atoms with Crippen molar-refractivity contribution in [3.05, 3.63) is 114 Å². The summed E-state index contributed by atoms with van der Waals surface area (Å²) in [7, 11) is 2.17. The normalized spacial score (nSPS) is 20.2. The number of aliphatic carboxylic acids is 1. The third kappa shape index (κ3) is 8.80. The van der Waals surface area contributed by atoms with E-state index in [4.69, 9.17) is 14.6 Å². The first-order chi connectivity index (χ1) is 25.8. The average molecular weight is 804 g/mol. The molecule has 7 rings (SSSR count). The fraction of sp³-hybridized carbons (Fsp3) is 0.395. The number of benzene rings is 2. The van der Waals surface area contributed by atoms with Crippen LogP contribution in [0.1, 0.15) is 51.8 Å². The van der Waals surface area contributed by atoms with Crippen LogP contribution in [0, 0.1) is 11.8 Å². The molecule has 3 aromatic heterocycles. The maximum atomic E-state index is 13.7. The van der Waals surface area contributed by atoms with Crippen molar-refractivity contribution in [2.75, 3.05) is 20.1 Å². The Hall–Kier alpha value is -3.90. The molecular weight excluding hydrogens is 764 g/mol. The Bertz CT molecular complexity index is 2050. The number of thiazole rings is 1. The third-order valence-electron chi connectivity index (χ3n) is 10.1. The van der Waals surface area contributed by atoms with Gasteiger partial charge in [0.05, 0.1) is 26.1 Å². The highest BCUT2D eigenvalue weighted by Crippen LogP contribution is 2.49. The van der Waals surface area contributed by atoms with Gasteiger partial charge in [-0.2, -0.15) is 13.2 Å². The van der Waals surface area contributed by atoms with Gasteiger partial charge in [-0.05, 0) is 85.3 Å². The molecule has 4 unspecified atom stereocenters. The monoisotopic (exact) mass is 803 g/mol. The number of carboxylic acids is 1. The summed E-state index contributed by atoms with van der Waals surface area (Å²) in [4.78, 5) is 40.6. The average Bonchev–Trinajstić information content (AvgIpc) is 3.98. The summed E-state index contributed by atoms with van der Waals surface area (Å²) in [5, 5.41) is 36.8. The van der Waals surface area contributed by atoms with E-state index < -0.39 is 29.8 Å². The van der Waals surface area contributed by atoms with Crippen LogP contribution in [-0.4, -0.2) is 75.6 Å². The van der Waals surface area contributed by atoms with Crippen molar-refractivity contribution in [2.24, 2.45) is 11.8 Å². The lowest BCUT2D eigenvalue weighted by Gasteiger charge is -2.31. The van der Waals surface area contributed by atoms with Gasteiger partial charge in [0.2, 0.25) is 5.60 Å². The summed E-state index contributed by atoms with van der Waals surface area (Å²) in [5.74, 6) is -2.64. The number of aliphatic hydroxyl groups is 2. The number of carbonyl (C=O) groups is 2. The lowest BCUT2D eigenvalue weighted by atomic mass is 9.96. The number of carbonyl (C=O) groups excluding carboxylic acids is 1. The molecule has 0 aliphatic heterocycles. The molecule has 5 atom stereocenters. The Balaban J connectivity index is 0.000000649. The number of aliphatic hydroxyl groups excluding tert-OH is 1. The number of aromatic amines is 1. The second kappa shape index (κ2) is 16.9. The minimum absolute atomic E-state index is 0.116. The fourth-order valence-corrected chi connectivity index (χ4v) is 10.3. The number of hydrogen-bond acceptors (Lipinski definition) is 11. The first kappa shape index (κ1) is 39.8. The molecule has 0 radical (unpaired) electrons. The molecule has 0 saturated heterocycles. The van der Waals surface area contributed by atoms with Crippen molar-refractivity contribution in [3.8, 4) is 0 Å². The molecular formula is C38H40F3N3O7S3. The molecule has 0 spiro atoms. The second-order valence-electron chi connectivity index (χ2n) is 13.6. The fourth-order valence-electron chi connectivity index (χ4n) is 7.69. The summed E-state index contributed by atoms with van der Waals surface area (Å²) in [6.45, 7) is 1.93. The first-order valence-electron chi connectivity index (χ1n) is 17.4. The molecule has 2 fully saturated rings. The second-order valence-corrected chi connectivity index (χ2v) is 16.5. The van der Waals surface area contributed by atoms with Gasteiger partial charge >= 0.3 is 23.0 Å². The number of halogens is 3.